The van der Waals surface area contributed by atoms with Crippen LogP contribution in [0.4, 0.5) is 0 Å². The van der Waals surface area contributed by atoms with Gasteiger partial charge in [0, 0.05) is 28.4 Å². The predicted octanol–water partition coefficient (Wildman–Crippen LogP) is 3.58. The van der Waals surface area contributed by atoms with Gasteiger partial charge in [-0.05, 0) is 18.6 Å². The number of nitrogens with zero attached hydrogens (tertiary/aromatic N) is 1. The van der Waals surface area contributed by atoms with E-state index in [0.717, 1.165) is 17.5 Å². The van der Waals surface area contributed by atoms with Crippen molar-refractivity contribution in [1.29, 1.82) is 0 Å². The van der Waals surface area contributed by atoms with E-state index in [0.29, 0.717) is 19.8 Å². The molecule has 21 heavy (non-hydrogen) atoms. The molecule has 0 saturated carbocycles. The zero-order valence-corrected chi connectivity index (χ0v) is 12.3. The van der Waals surface area contributed by atoms with Gasteiger partial charge in [0.2, 0.25) is 0 Å². The Hall–Kier alpha value is -1.84. The van der Waals surface area contributed by atoms with E-state index < -0.39 is 6.10 Å². The fourth-order valence-corrected chi connectivity index (χ4v) is 2.83. The van der Waals surface area contributed by atoms with Gasteiger partial charge in [0.1, 0.15) is 0 Å². The highest BCUT2D eigenvalue weighted by Crippen LogP contribution is 2.28. The number of aliphatic hydroxyl groups is 1. The van der Waals surface area contributed by atoms with Crippen molar-refractivity contribution in [2.45, 2.75) is 26.0 Å². The molecule has 0 radical (unpaired) electrons. The molecule has 0 aliphatic rings. The number of para-hydroxylation sites is 2. The molecular formula is C18H21NO2. The van der Waals surface area contributed by atoms with Gasteiger partial charge in [-0.3, -0.25) is 0 Å². The highest BCUT2D eigenvalue weighted by atomic mass is 16.5. The lowest BCUT2D eigenvalue weighted by molar-refractivity contribution is 0.0295. The molecule has 0 unspecified atom stereocenters. The van der Waals surface area contributed by atoms with Gasteiger partial charge >= 0.3 is 0 Å². The van der Waals surface area contributed by atoms with Crippen LogP contribution in [0.25, 0.3) is 21.8 Å². The molecule has 0 amide bonds. The standard InChI is InChI=1S/C18H21NO2/c1-2-11-21-13-14(20)12-19-17-9-5-3-7-15(17)16-8-4-6-10-18(16)19/h3-10,14,20H,2,11-13H2,1H3/t14-/m0/s1. The molecule has 3 heteroatoms. The molecule has 0 fully saturated rings. The summed E-state index contributed by atoms with van der Waals surface area (Å²) >= 11 is 0. The largest absolute Gasteiger partial charge is 0.389 e. The van der Waals surface area contributed by atoms with E-state index in [1.165, 1.54) is 10.8 Å². The Labute approximate surface area is 124 Å². The molecule has 0 saturated heterocycles. The first-order valence-electron chi connectivity index (χ1n) is 7.53. The first-order valence-corrected chi connectivity index (χ1v) is 7.53. The van der Waals surface area contributed by atoms with Crippen LogP contribution in [-0.2, 0) is 11.3 Å². The monoisotopic (exact) mass is 283 g/mol. The molecule has 1 aromatic heterocycles. The van der Waals surface area contributed by atoms with Gasteiger partial charge < -0.3 is 14.4 Å². The lowest BCUT2D eigenvalue weighted by Gasteiger charge is -2.14. The van der Waals surface area contributed by atoms with E-state index in [4.69, 9.17) is 4.74 Å². The molecule has 3 nitrogen and oxygen atoms in total. The van der Waals surface area contributed by atoms with E-state index in [2.05, 4.69) is 47.9 Å². The molecule has 0 spiro atoms. The minimum Gasteiger partial charge on any atom is -0.389 e. The number of ether oxygens (including phenoxy) is 1. The SMILES string of the molecule is CCCOC[C@@H](O)Cn1c2ccccc2c2ccccc21. The van der Waals surface area contributed by atoms with Crippen LogP contribution in [0.2, 0.25) is 0 Å². The number of fused-ring (bicyclic) bond motifs is 3. The summed E-state index contributed by atoms with van der Waals surface area (Å²) in [6, 6.07) is 16.7. The van der Waals surface area contributed by atoms with Gasteiger partial charge in [-0.25, -0.2) is 0 Å². The molecule has 3 rings (SSSR count). The van der Waals surface area contributed by atoms with E-state index in [1.807, 2.05) is 12.1 Å². The summed E-state index contributed by atoms with van der Waals surface area (Å²) in [6.45, 7) is 3.70. The topological polar surface area (TPSA) is 34.4 Å². The van der Waals surface area contributed by atoms with Crippen LogP contribution < -0.4 is 0 Å². The highest BCUT2D eigenvalue weighted by molar-refractivity contribution is 6.07. The smallest absolute Gasteiger partial charge is 0.0952 e. The van der Waals surface area contributed by atoms with Crippen LogP contribution in [0.1, 0.15) is 13.3 Å². The third-order valence-electron chi connectivity index (χ3n) is 3.73. The van der Waals surface area contributed by atoms with Crippen LogP contribution in [0.15, 0.2) is 48.5 Å². The van der Waals surface area contributed by atoms with Gasteiger partial charge in [-0.1, -0.05) is 43.3 Å². The molecular weight excluding hydrogens is 262 g/mol. The molecule has 0 aliphatic carbocycles. The molecule has 110 valence electrons. The Morgan fingerprint density at radius 1 is 1.00 bits per heavy atom. The van der Waals surface area contributed by atoms with Crippen LogP contribution in [-0.4, -0.2) is 29.0 Å². The highest BCUT2D eigenvalue weighted by Gasteiger charge is 2.13. The lowest BCUT2D eigenvalue weighted by atomic mass is 10.2. The zero-order chi connectivity index (χ0) is 14.7. The second kappa shape index (κ2) is 6.29. The number of hydrogen-bond donors (Lipinski definition) is 1. The van der Waals surface area contributed by atoms with Crippen molar-refractivity contribution in [3.05, 3.63) is 48.5 Å². The fraction of sp³-hybridized carbons (Fsp3) is 0.333. The normalized spacial score (nSPS) is 13.0. The first-order chi connectivity index (χ1) is 10.3. The Balaban J connectivity index is 1.96. The van der Waals surface area contributed by atoms with Crippen molar-refractivity contribution in [2.75, 3.05) is 13.2 Å². The van der Waals surface area contributed by atoms with E-state index >= 15 is 0 Å². The number of aromatic nitrogens is 1. The summed E-state index contributed by atoms with van der Waals surface area (Å²) in [5, 5.41) is 12.7. The van der Waals surface area contributed by atoms with E-state index in [1.54, 1.807) is 0 Å². The lowest BCUT2D eigenvalue weighted by Crippen LogP contribution is -2.22. The van der Waals surface area contributed by atoms with Crippen LogP contribution >= 0.6 is 0 Å². The van der Waals surface area contributed by atoms with Crippen molar-refractivity contribution in [1.82, 2.24) is 4.57 Å². The second-order valence-corrected chi connectivity index (χ2v) is 5.37. The van der Waals surface area contributed by atoms with Gasteiger partial charge in [-0.2, -0.15) is 0 Å². The Kier molecular flexibility index (Phi) is 4.23. The van der Waals surface area contributed by atoms with Crippen molar-refractivity contribution >= 4 is 21.8 Å². The molecule has 0 bridgehead atoms. The predicted molar refractivity (Wildman–Crippen MR) is 86.6 cm³/mol. The molecule has 2 aromatic carbocycles. The summed E-state index contributed by atoms with van der Waals surface area (Å²) in [4.78, 5) is 0. The average Bonchev–Trinajstić information content (AvgIpc) is 2.83. The molecule has 1 heterocycles. The summed E-state index contributed by atoms with van der Waals surface area (Å²) < 4.78 is 7.64. The molecule has 0 aliphatic heterocycles. The third kappa shape index (κ3) is 2.80. The Morgan fingerprint density at radius 2 is 1.57 bits per heavy atom. The maximum Gasteiger partial charge on any atom is 0.0952 e. The van der Waals surface area contributed by atoms with Crippen LogP contribution in [0, 0.1) is 0 Å². The quantitative estimate of drug-likeness (QED) is 0.702. The van der Waals surface area contributed by atoms with Gasteiger partial charge in [0.25, 0.3) is 0 Å². The zero-order valence-electron chi connectivity index (χ0n) is 12.3. The van der Waals surface area contributed by atoms with Gasteiger partial charge in [-0.15, -0.1) is 0 Å². The fourth-order valence-electron chi connectivity index (χ4n) is 2.83. The summed E-state index contributed by atoms with van der Waals surface area (Å²) in [5.41, 5.74) is 2.32. The van der Waals surface area contributed by atoms with E-state index in [-0.39, 0.29) is 0 Å². The number of benzene rings is 2. The van der Waals surface area contributed by atoms with Crippen molar-refractivity contribution < 1.29 is 9.84 Å². The Bertz CT molecular complexity index is 679. The summed E-state index contributed by atoms with van der Waals surface area (Å²) in [6.07, 6.45) is 0.484. The number of aliphatic hydroxyl groups excluding tert-OH is 1. The van der Waals surface area contributed by atoms with E-state index in [9.17, 15) is 5.11 Å². The van der Waals surface area contributed by atoms with Crippen molar-refractivity contribution in [3.8, 4) is 0 Å². The average molecular weight is 283 g/mol. The molecule has 1 N–H and O–H groups in total. The summed E-state index contributed by atoms with van der Waals surface area (Å²) in [5.74, 6) is 0. The maximum absolute atomic E-state index is 10.2. The second-order valence-electron chi connectivity index (χ2n) is 5.37. The van der Waals surface area contributed by atoms with Crippen molar-refractivity contribution in [3.63, 3.8) is 0 Å². The Morgan fingerprint density at radius 3 is 2.14 bits per heavy atom. The van der Waals surface area contributed by atoms with Gasteiger partial charge in [0.05, 0.1) is 19.3 Å². The molecule has 3 aromatic rings. The summed E-state index contributed by atoms with van der Waals surface area (Å²) in [7, 11) is 0. The third-order valence-corrected chi connectivity index (χ3v) is 3.73. The minimum atomic E-state index is -0.490. The number of rotatable bonds is 6. The first kappa shape index (κ1) is 14.1. The molecule has 1 atom stereocenters. The van der Waals surface area contributed by atoms with Gasteiger partial charge in [0.15, 0.2) is 0 Å². The van der Waals surface area contributed by atoms with Crippen LogP contribution in [0.3, 0.4) is 0 Å². The van der Waals surface area contributed by atoms with Crippen molar-refractivity contribution in [2.24, 2.45) is 0 Å². The maximum atomic E-state index is 10.2. The number of hydrogen-bond acceptors (Lipinski definition) is 2. The minimum absolute atomic E-state index is 0.384. The van der Waals surface area contributed by atoms with Crippen LogP contribution in [0.5, 0.6) is 0 Å².